The summed E-state index contributed by atoms with van der Waals surface area (Å²) in [5.41, 5.74) is 10.5. The van der Waals surface area contributed by atoms with E-state index in [0.29, 0.717) is 0 Å². The monoisotopic (exact) mass is 322 g/mol. The highest BCUT2D eigenvalue weighted by Crippen LogP contribution is 2.16. The highest BCUT2D eigenvalue weighted by Gasteiger charge is 2.13. The SMILES string of the molecule is CCCCCCCCC1=C(N)N(CCCCCCCC)NN=C1. The highest BCUT2D eigenvalue weighted by atomic mass is 15.7. The van der Waals surface area contributed by atoms with E-state index < -0.39 is 0 Å². The summed E-state index contributed by atoms with van der Waals surface area (Å²) in [7, 11) is 0. The Morgan fingerprint density at radius 1 is 0.870 bits per heavy atom. The van der Waals surface area contributed by atoms with Crippen LogP contribution in [0.3, 0.4) is 0 Å². The van der Waals surface area contributed by atoms with Gasteiger partial charge in [0.2, 0.25) is 0 Å². The third-order valence-electron chi connectivity index (χ3n) is 4.55. The molecule has 0 bridgehead atoms. The fourth-order valence-electron chi connectivity index (χ4n) is 2.98. The van der Waals surface area contributed by atoms with Gasteiger partial charge in [-0.25, -0.2) is 5.53 Å². The average Bonchev–Trinajstić information content (AvgIpc) is 2.56. The molecular weight excluding hydrogens is 284 g/mol. The Hall–Kier alpha value is -1.19. The molecule has 1 heterocycles. The first-order valence-corrected chi connectivity index (χ1v) is 9.84. The van der Waals surface area contributed by atoms with Gasteiger partial charge in [0, 0.05) is 12.1 Å². The van der Waals surface area contributed by atoms with E-state index in [4.69, 9.17) is 5.73 Å². The molecule has 0 aromatic heterocycles. The Morgan fingerprint density at radius 2 is 1.43 bits per heavy atom. The van der Waals surface area contributed by atoms with Gasteiger partial charge in [-0.3, -0.25) is 5.01 Å². The van der Waals surface area contributed by atoms with Crippen molar-refractivity contribution in [1.82, 2.24) is 10.5 Å². The molecule has 0 atom stereocenters. The first-order chi connectivity index (χ1) is 11.3. The van der Waals surface area contributed by atoms with Crippen molar-refractivity contribution < 1.29 is 0 Å². The Balaban J connectivity index is 2.20. The second-order valence-electron chi connectivity index (χ2n) is 6.71. The number of hydrazone groups is 1. The van der Waals surface area contributed by atoms with Gasteiger partial charge in [-0.2, -0.15) is 5.10 Å². The third kappa shape index (κ3) is 8.87. The van der Waals surface area contributed by atoms with Crippen molar-refractivity contribution in [2.45, 2.75) is 97.3 Å². The number of nitrogens with zero attached hydrogens (tertiary/aromatic N) is 2. The van der Waals surface area contributed by atoms with E-state index in [1.54, 1.807) is 0 Å². The van der Waals surface area contributed by atoms with E-state index in [1.807, 2.05) is 11.2 Å². The van der Waals surface area contributed by atoms with Crippen LogP contribution < -0.4 is 11.3 Å². The fourth-order valence-corrected chi connectivity index (χ4v) is 2.98. The molecule has 0 aromatic rings. The zero-order valence-electron chi connectivity index (χ0n) is 15.4. The standard InChI is InChI=1S/C19H38N4/c1-3-5-7-9-11-13-15-18-17-21-22-23(19(18)20)16-14-12-10-8-6-4-2/h17,22H,3-16,20H2,1-2H3. The van der Waals surface area contributed by atoms with Crippen LogP contribution in [0.4, 0.5) is 0 Å². The van der Waals surface area contributed by atoms with Crippen LogP contribution in [0.2, 0.25) is 0 Å². The van der Waals surface area contributed by atoms with E-state index in [0.717, 1.165) is 18.8 Å². The van der Waals surface area contributed by atoms with Gasteiger partial charge in [0.25, 0.3) is 0 Å². The maximum absolute atomic E-state index is 6.30. The minimum Gasteiger partial charge on any atom is -0.384 e. The van der Waals surface area contributed by atoms with Gasteiger partial charge in [0.05, 0.1) is 6.21 Å². The quantitative estimate of drug-likeness (QED) is 0.439. The van der Waals surface area contributed by atoms with Crippen molar-refractivity contribution in [3.8, 4) is 0 Å². The van der Waals surface area contributed by atoms with Crippen molar-refractivity contribution in [2.24, 2.45) is 10.8 Å². The first-order valence-electron chi connectivity index (χ1n) is 9.84. The van der Waals surface area contributed by atoms with Gasteiger partial charge in [0.15, 0.2) is 0 Å². The van der Waals surface area contributed by atoms with Crippen LogP contribution in [0.5, 0.6) is 0 Å². The lowest BCUT2D eigenvalue weighted by Crippen LogP contribution is -2.41. The minimum absolute atomic E-state index is 0.877. The summed E-state index contributed by atoms with van der Waals surface area (Å²) in [6.07, 6.45) is 18.7. The number of hydrazine groups is 1. The zero-order valence-corrected chi connectivity index (χ0v) is 15.4. The number of unbranched alkanes of at least 4 members (excludes halogenated alkanes) is 10. The molecule has 0 unspecified atom stereocenters. The number of nitrogens with two attached hydrogens (primary N) is 1. The lowest BCUT2D eigenvalue weighted by Gasteiger charge is -2.28. The van der Waals surface area contributed by atoms with Gasteiger partial charge in [-0.05, 0) is 19.3 Å². The summed E-state index contributed by atoms with van der Waals surface area (Å²) in [6.45, 7) is 5.47. The second kappa shape index (κ2) is 13.3. The normalized spacial score (nSPS) is 14.4. The third-order valence-corrected chi connectivity index (χ3v) is 4.55. The van der Waals surface area contributed by atoms with Crippen LogP contribution in [-0.4, -0.2) is 17.8 Å². The van der Waals surface area contributed by atoms with Gasteiger partial charge in [-0.1, -0.05) is 78.1 Å². The van der Waals surface area contributed by atoms with E-state index in [2.05, 4.69) is 24.5 Å². The van der Waals surface area contributed by atoms with Gasteiger partial charge >= 0.3 is 0 Å². The minimum atomic E-state index is 0.877. The molecule has 0 saturated heterocycles. The van der Waals surface area contributed by atoms with Gasteiger partial charge in [-0.15, -0.1) is 0 Å². The first kappa shape index (κ1) is 19.9. The number of nitrogens with one attached hydrogen (secondary N) is 1. The summed E-state index contributed by atoms with van der Waals surface area (Å²) in [5, 5.41) is 6.28. The molecule has 4 heteroatoms. The van der Waals surface area contributed by atoms with Crippen molar-refractivity contribution in [3.63, 3.8) is 0 Å². The Labute approximate surface area is 143 Å². The fraction of sp³-hybridized carbons (Fsp3) is 0.842. The molecule has 23 heavy (non-hydrogen) atoms. The average molecular weight is 323 g/mol. The Kier molecular flexibility index (Phi) is 11.5. The molecular formula is C19H38N4. The smallest absolute Gasteiger partial charge is 0.124 e. The molecule has 1 rings (SSSR count). The highest BCUT2D eigenvalue weighted by molar-refractivity contribution is 5.79. The van der Waals surface area contributed by atoms with Crippen molar-refractivity contribution in [2.75, 3.05) is 6.54 Å². The molecule has 0 spiro atoms. The lowest BCUT2D eigenvalue weighted by atomic mass is 10.1. The van der Waals surface area contributed by atoms with Crippen molar-refractivity contribution in [1.29, 1.82) is 0 Å². The van der Waals surface area contributed by atoms with Crippen molar-refractivity contribution >= 4 is 6.21 Å². The van der Waals surface area contributed by atoms with Gasteiger partial charge < -0.3 is 5.73 Å². The number of rotatable bonds is 14. The number of hydrogen-bond acceptors (Lipinski definition) is 4. The van der Waals surface area contributed by atoms with E-state index in [9.17, 15) is 0 Å². The summed E-state index contributed by atoms with van der Waals surface area (Å²) >= 11 is 0. The van der Waals surface area contributed by atoms with Gasteiger partial charge in [0.1, 0.15) is 5.82 Å². The molecule has 0 fully saturated rings. The molecule has 0 radical (unpaired) electrons. The molecule has 0 saturated carbocycles. The summed E-state index contributed by atoms with van der Waals surface area (Å²) in [4.78, 5) is 0. The van der Waals surface area contributed by atoms with E-state index in [-0.39, 0.29) is 0 Å². The zero-order chi connectivity index (χ0) is 16.8. The summed E-state index contributed by atoms with van der Waals surface area (Å²) in [5.74, 6) is 0.877. The van der Waals surface area contributed by atoms with Crippen LogP contribution in [0.15, 0.2) is 16.5 Å². The largest absolute Gasteiger partial charge is 0.384 e. The molecule has 0 amide bonds. The summed E-state index contributed by atoms with van der Waals surface area (Å²) < 4.78 is 0. The van der Waals surface area contributed by atoms with Crippen LogP contribution in [0.25, 0.3) is 0 Å². The van der Waals surface area contributed by atoms with Crippen LogP contribution in [-0.2, 0) is 0 Å². The Morgan fingerprint density at radius 3 is 2.09 bits per heavy atom. The molecule has 3 N–H and O–H groups in total. The van der Waals surface area contributed by atoms with Crippen molar-refractivity contribution in [3.05, 3.63) is 11.4 Å². The van der Waals surface area contributed by atoms with Crippen LogP contribution >= 0.6 is 0 Å². The maximum atomic E-state index is 6.30. The van der Waals surface area contributed by atoms with Crippen LogP contribution in [0.1, 0.15) is 97.3 Å². The second-order valence-corrected chi connectivity index (χ2v) is 6.71. The molecule has 0 aliphatic carbocycles. The van der Waals surface area contributed by atoms with E-state index in [1.165, 1.54) is 82.6 Å². The maximum Gasteiger partial charge on any atom is 0.124 e. The predicted octanol–water partition coefficient (Wildman–Crippen LogP) is 5.07. The molecule has 1 aliphatic rings. The Bertz CT molecular complexity index is 349. The molecule has 134 valence electrons. The van der Waals surface area contributed by atoms with E-state index >= 15 is 0 Å². The lowest BCUT2D eigenvalue weighted by molar-refractivity contribution is 0.235. The summed E-state index contributed by atoms with van der Waals surface area (Å²) in [6, 6.07) is 0. The topological polar surface area (TPSA) is 53.6 Å². The number of hydrogen-bond donors (Lipinski definition) is 2. The predicted molar refractivity (Wildman–Crippen MR) is 101 cm³/mol. The molecule has 4 nitrogen and oxygen atoms in total. The number of allylic oxidation sites excluding steroid dienone is 1. The molecule has 0 aromatic carbocycles. The molecule has 1 aliphatic heterocycles. The van der Waals surface area contributed by atoms with Crippen LogP contribution in [0, 0.1) is 0 Å².